The van der Waals surface area contributed by atoms with E-state index in [0.29, 0.717) is 47.5 Å². The topological polar surface area (TPSA) is 104 Å². The SMILES string of the molecule is COc1c(-c2ccccc2)oc2c(OC)cccc2c1=O.c1cc2c(cc1C1OCC3C(c4ccc5c(c4)OCO5)OCC13)OCO2. The van der Waals surface area contributed by atoms with Gasteiger partial charge in [-0.3, -0.25) is 4.79 Å². The van der Waals surface area contributed by atoms with Crippen LogP contribution in [0, 0.1) is 11.8 Å². The van der Waals surface area contributed by atoms with Crippen LogP contribution in [0.1, 0.15) is 23.3 Å². The van der Waals surface area contributed by atoms with Crippen LogP contribution in [0.5, 0.6) is 34.5 Å². The molecule has 0 saturated carbocycles. The molecule has 0 spiro atoms. The number of methoxy groups -OCH3 is 2. The predicted octanol–water partition coefficient (Wildman–Crippen LogP) is 6.70. The summed E-state index contributed by atoms with van der Waals surface area (Å²) in [5, 5.41) is 0.436. The van der Waals surface area contributed by atoms with E-state index >= 15 is 0 Å². The molecule has 4 aliphatic heterocycles. The van der Waals surface area contributed by atoms with Crippen LogP contribution in [-0.2, 0) is 9.47 Å². The summed E-state index contributed by atoms with van der Waals surface area (Å²) in [4.78, 5) is 12.6. The molecule has 0 bridgehead atoms. The second-order valence-corrected chi connectivity index (χ2v) is 11.6. The van der Waals surface area contributed by atoms with Gasteiger partial charge in [0.15, 0.2) is 40.1 Å². The van der Waals surface area contributed by atoms with Crippen LogP contribution in [-0.4, -0.2) is 41.0 Å². The molecule has 10 heteroatoms. The van der Waals surface area contributed by atoms with Crippen LogP contribution in [0.15, 0.2) is 94.1 Å². The largest absolute Gasteiger partial charge is 0.493 e. The Kier molecular flexibility index (Phi) is 7.59. The molecule has 0 N–H and O–H groups in total. The first kappa shape index (κ1) is 29.2. The smallest absolute Gasteiger partial charge is 0.235 e. The maximum absolute atomic E-state index is 12.6. The first-order valence-electron chi connectivity index (χ1n) is 15.4. The Morgan fingerprint density at radius 2 is 1.23 bits per heavy atom. The summed E-state index contributed by atoms with van der Waals surface area (Å²) < 4.78 is 50.6. The van der Waals surface area contributed by atoms with Gasteiger partial charge in [-0.1, -0.05) is 48.5 Å². The highest BCUT2D eigenvalue weighted by atomic mass is 16.7. The summed E-state index contributed by atoms with van der Waals surface area (Å²) in [5.74, 6) is 4.94. The van der Waals surface area contributed by atoms with Crippen molar-refractivity contribution in [1.29, 1.82) is 0 Å². The molecule has 4 unspecified atom stereocenters. The number of hydrogen-bond acceptors (Lipinski definition) is 10. The van der Waals surface area contributed by atoms with E-state index in [-0.39, 0.29) is 37.0 Å². The quantitative estimate of drug-likeness (QED) is 0.207. The number of para-hydroxylation sites is 1. The van der Waals surface area contributed by atoms with Gasteiger partial charge in [0.25, 0.3) is 0 Å². The third-order valence-corrected chi connectivity index (χ3v) is 9.01. The van der Waals surface area contributed by atoms with Gasteiger partial charge in [-0.25, -0.2) is 0 Å². The lowest BCUT2D eigenvalue weighted by Crippen LogP contribution is -2.14. The molecule has 4 aromatic carbocycles. The summed E-state index contributed by atoms with van der Waals surface area (Å²) in [5.41, 5.74) is 3.23. The van der Waals surface area contributed by atoms with Gasteiger partial charge in [-0.2, -0.15) is 0 Å². The van der Waals surface area contributed by atoms with E-state index < -0.39 is 0 Å². The minimum absolute atomic E-state index is 0.0218. The van der Waals surface area contributed by atoms with Crippen LogP contribution >= 0.6 is 0 Å². The third-order valence-electron chi connectivity index (χ3n) is 9.01. The molecule has 2 fully saturated rings. The normalized spacial score (nSPS) is 21.7. The Balaban J connectivity index is 0.000000142. The molecule has 0 radical (unpaired) electrons. The second kappa shape index (κ2) is 12.2. The van der Waals surface area contributed by atoms with Crippen LogP contribution < -0.4 is 33.8 Å². The summed E-state index contributed by atoms with van der Waals surface area (Å²) >= 11 is 0. The minimum atomic E-state index is -0.212. The minimum Gasteiger partial charge on any atom is -0.493 e. The fourth-order valence-corrected chi connectivity index (χ4v) is 6.71. The van der Waals surface area contributed by atoms with Gasteiger partial charge in [-0.05, 0) is 47.5 Å². The average Bonchev–Trinajstić information content (AvgIpc) is 3.93. The maximum atomic E-state index is 12.6. The Morgan fingerprint density at radius 1 is 0.638 bits per heavy atom. The fourth-order valence-electron chi connectivity index (χ4n) is 6.71. The van der Waals surface area contributed by atoms with E-state index in [9.17, 15) is 4.79 Å². The molecule has 47 heavy (non-hydrogen) atoms. The molecule has 4 atom stereocenters. The number of fused-ring (bicyclic) bond motifs is 4. The second-order valence-electron chi connectivity index (χ2n) is 11.6. The van der Waals surface area contributed by atoms with Crippen molar-refractivity contribution >= 4 is 11.0 Å². The van der Waals surface area contributed by atoms with Crippen LogP contribution in [0.2, 0.25) is 0 Å². The molecule has 2 saturated heterocycles. The first-order chi connectivity index (χ1) is 23.1. The highest BCUT2D eigenvalue weighted by Crippen LogP contribution is 2.52. The zero-order valence-corrected chi connectivity index (χ0v) is 25.8. The van der Waals surface area contributed by atoms with Gasteiger partial charge >= 0.3 is 0 Å². The van der Waals surface area contributed by atoms with E-state index in [4.69, 9.17) is 42.3 Å². The number of rotatable bonds is 5. The maximum Gasteiger partial charge on any atom is 0.235 e. The fraction of sp³-hybridized carbons (Fsp3) is 0.270. The molecule has 4 aliphatic rings. The molecule has 240 valence electrons. The van der Waals surface area contributed by atoms with Crippen LogP contribution in [0.25, 0.3) is 22.3 Å². The molecule has 5 aromatic rings. The summed E-state index contributed by atoms with van der Waals surface area (Å²) in [7, 11) is 3.01. The average molecular weight is 637 g/mol. The number of ether oxygens (including phenoxy) is 8. The van der Waals surface area contributed by atoms with E-state index in [0.717, 1.165) is 39.7 Å². The van der Waals surface area contributed by atoms with Gasteiger partial charge in [0.2, 0.25) is 24.8 Å². The van der Waals surface area contributed by atoms with E-state index in [1.165, 1.54) is 7.11 Å². The zero-order chi connectivity index (χ0) is 31.9. The Labute approximate surface area is 270 Å². The van der Waals surface area contributed by atoms with E-state index in [2.05, 4.69) is 12.1 Å². The Morgan fingerprint density at radius 3 is 1.81 bits per heavy atom. The van der Waals surface area contributed by atoms with Crippen molar-refractivity contribution in [2.24, 2.45) is 11.8 Å². The Hall–Kier alpha value is -5.19. The molecule has 0 amide bonds. The van der Waals surface area contributed by atoms with Gasteiger partial charge in [-0.15, -0.1) is 0 Å². The van der Waals surface area contributed by atoms with Crippen molar-refractivity contribution < 1.29 is 42.3 Å². The van der Waals surface area contributed by atoms with Gasteiger partial charge in [0.05, 0.1) is 45.0 Å². The molecule has 1 aromatic heterocycles. The molecular formula is C37H32O10. The highest BCUT2D eigenvalue weighted by Gasteiger charge is 2.48. The van der Waals surface area contributed by atoms with Gasteiger partial charge in [0, 0.05) is 17.4 Å². The first-order valence-corrected chi connectivity index (χ1v) is 15.4. The molecule has 5 heterocycles. The van der Waals surface area contributed by atoms with E-state index in [1.807, 2.05) is 54.6 Å². The molecular weight excluding hydrogens is 604 g/mol. The van der Waals surface area contributed by atoms with Crippen molar-refractivity contribution in [2.75, 3.05) is 41.0 Å². The van der Waals surface area contributed by atoms with Crippen LogP contribution in [0.3, 0.4) is 0 Å². The Bertz CT molecular complexity index is 1920. The van der Waals surface area contributed by atoms with Gasteiger partial charge < -0.3 is 42.3 Å². The lowest BCUT2D eigenvalue weighted by atomic mass is 9.85. The summed E-state index contributed by atoms with van der Waals surface area (Å²) in [6.45, 7) is 1.93. The van der Waals surface area contributed by atoms with Crippen molar-refractivity contribution in [3.63, 3.8) is 0 Å². The predicted molar refractivity (Wildman–Crippen MR) is 171 cm³/mol. The molecule has 0 aliphatic carbocycles. The van der Waals surface area contributed by atoms with Crippen LogP contribution in [0.4, 0.5) is 0 Å². The highest BCUT2D eigenvalue weighted by molar-refractivity contribution is 5.86. The summed E-state index contributed by atoms with van der Waals surface area (Å²) in [6.07, 6.45) is 0.0435. The van der Waals surface area contributed by atoms with Crippen molar-refractivity contribution in [3.8, 4) is 45.8 Å². The molecule has 10 nitrogen and oxygen atoms in total. The lowest BCUT2D eigenvalue weighted by Gasteiger charge is -2.17. The lowest BCUT2D eigenvalue weighted by molar-refractivity contribution is 0.0192. The monoisotopic (exact) mass is 636 g/mol. The van der Waals surface area contributed by atoms with Crippen molar-refractivity contribution in [2.45, 2.75) is 12.2 Å². The summed E-state index contributed by atoms with van der Waals surface area (Å²) in [6, 6.07) is 26.7. The zero-order valence-electron chi connectivity index (χ0n) is 25.8. The standard InChI is InChI=1S/C20H18O6.C17H14O4/c1-3-15-17(25-9-23-15)5-11(1)19-13-7-22-20(14(13)8-21-19)12-2-4-16-18(6-12)26-10-24-16;1-19-13-10-6-9-12-14(18)17(20-2)15(21-16(12)13)11-7-4-3-5-8-11/h1-6,13-14,19-20H,7-10H2;3-10H,1-2H3. The number of hydrogen-bond donors (Lipinski definition) is 0. The molecule has 9 rings (SSSR count). The van der Waals surface area contributed by atoms with E-state index in [1.54, 1.807) is 25.3 Å². The number of benzene rings is 4. The van der Waals surface area contributed by atoms with Crippen molar-refractivity contribution in [1.82, 2.24) is 0 Å². The van der Waals surface area contributed by atoms with Crippen molar-refractivity contribution in [3.05, 3.63) is 106 Å². The third kappa shape index (κ3) is 5.19. The van der Waals surface area contributed by atoms with Gasteiger partial charge in [0.1, 0.15) is 0 Å².